The highest BCUT2D eigenvalue weighted by Gasteiger charge is 2.39. The summed E-state index contributed by atoms with van der Waals surface area (Å²) in [4.78, 5) is 12.0. The van der Waals surface area contributed by atoms with Gasteiger partial charge in [0.15, 0.2) is 0 Å². The van der Waals surface area contributed by atoms with Crippen LogP contribution in [0.2, 0.25) is 0 Å². The Balaban J connectivity index is 1.83. The van der Waals surface area contributed by atoms with Crippen LogP contribution in [0.4, 0.5) is 0 Å². The maximum absolute atomic E-state index is 12.0. The largest absolute Gasteiger partial charge is 0.381 e. The molecule has 2 saturated heterocycles. The van der Waals surface area contributed by atoms with E-state index in [1.54, 1.807) is 0 Å². The first-order chi connectivity index (χ1) is 8.04. The van der Waals surface area contributed by atoms with Crippen LogP contribution in [0.3, 0.4) is 0 Å². The summed E-state index contributed by atoms with van der Waals surface area (Å²) in [6, 6.07) is 0. The second-order valence-electron chi connectivity index (χ2n) is 5.56. The molecule has 0 radical (unpaired) electrons. The maximum Gasteiger partial charge on any atom is 0.242 e. The number of hydrogen-bond donors (Lipinski definition) is 2. The number of hydrogen-bond acceptors (Lipinski definition) is 4. The minimum Gasteiger partial charge on any atom is -0.381 e. The van der Waals surface area contributed by atoms with Crippen molar-refractivity contribution in [3.63, 3.8) is 0 Å². The third-order valence-electron chi connectivity index (χ3n) is 3.88. The lowest BCUT2D eigenvalue weighted by molar-refractivity contribution is -0.127. The van der Waals surface area contributed by atoms with Gasteiger partial charge in [0, 0.05) is 26.4 Å². The highest BCUT2D eigenvalue weighted by molar-refractivity contribution is 5.86. The topological polar surface area (TPSA) is 73.6 Å². The third-order valence-corrected chi connectivity index (χ3v) is 3.88. The minimum absolute atomic E-state index is 0.0808. The smallest absolute Gasteiger partial charge is 0.242 e. The summed E-state index contributed by atoms with van der Waals surface area (Å²) in [5.41, 5.74) is 5.32. The number of amides is 1. The molecule has 0 aromatic carbocycles. The molecule has 98 valence electrons. The number of carbonyl (C=O) groups excluding carboxylic acids is 1. The van der Waals surface area contributed by atoms with Gasteiger partial charge in [-0.25, -0.2) is 0 Å². The molecule has 0 saturated carbocycles. The lowest BCUT2D eigenvalue weighted by atomic mass is 9.82. The molecule has 0 aromatic rings. The maximum atomic E-state index is 12.0. The second-order valence-corrected chi connectivity index (χ2v) is 5.56. The van der Waals surface area contributed by atoms with Gasteiger partial charge in [0.2, 0.25) is 5.91 Å². The normalized spacial score (nSPS) is 32.4. The molecule has 0 aromatic heterocycles. The van der Waals surface area contributed by atoms with Gasteiger partial charge in [-0.15, -0.1) is 0 Å². The molecular formula is C12H22N2O3. The molecule has 2 heterocycles. The SMILES string of the molecule is CC1(CNC(=O)C2(N)CCOC2)CCOCC1. The van der Waals surface area contributed by atoms with Crippen molar-refractivity contribution in [1.29, 1.82) is 0 Å². The predicted octanol–water partition coefficient (Wildman–Crippen LogP) is 0.0371. The summed E-state index contributed by atoms with van der Waals surface area (Å²) in [5.74, 6) is -0.0808. The molecule has 0 aliphatic carbocycles. The van der Waals surface area contributed by atoms with Crippen LogP contribution in [0.15, 0.2) is 0 Å². The van der Waals surface area contributed by atoms with Crippen LogP contribution in [0.1, 0.15) is 26.2 Å². The Morgan fingerprint density at radius 1 is 1.24 bits per heavy atom. The van der Waals surface area contributed by atoms with E-state index in [4.69, 9.17) is 15.2 Å². The molecule has 1 unspecified atom stereocenters. The Kier molecular flexibility index (Phi) is 3.70. The highest BCUT2D eigenvalue weighted by atomic mass is 16.5. The molecule has 1 amide bonds. The number of nitrogens with two attached hydrogens (primary N) is 1. The Hall–Kier alpha value is -0.650. The number of carbonyl (C=O) groups is 1. The zero-order valence-electron chi connectivity index (χ0n) is 10.5. The summed E-state index contributed by atoms with van der Waals surface area (Å²) in [7, 11) is 0. The first kappa shape index (κ1) is 12.8. The Bertz CT molecular complexity index is 281. The fourth-order valence-corrected chi connectivity index (χ4v) is 2.27. The van der Waals surface area contributed by atoms with Gasteiger partial charge in [-0.2, -0.15) is 0 Å². The van der Waals surface area contributed by atoms with Crippen molar-refractivity contribution in [1.82, 2.24) is 5.32 Å². The van der Waals surface area contributed by atoms with Gasteiger partial charge in [0.25, 0.3) is 0 Å². The van der Waals surface area contributed by atoms with E-state index >= 15 is 0 Å². The fraction of sp³-hybridized carbons (Fsp3) is 0.917. The van der Waals surface area contributed by atoms with Gasteiger partial charge in [0.05, 0.1) is 6.61 Å². The van der Waals surface area contributed by atoms with Crippen LogP contribution in [-0.2, 0) is 14.3 Å². The van der Waals surface area contributed by atoms with Gasteiger partial charge in [0.1, 0.15) is 5.54 Å². The average molecular weight is 242 g/mol. The standard InChI is InChI=1S/C12H22N2O3/c1-11(2-5-16-6-3-11)8-14-10(15)12(13)4-7-17-9-12/h2-9,13H2,1H3,(H,14,15). The second kappa shape index (κ2) is 4.92. The number of nitrogens with one attached hydrogen (secondary N) is 1. The van der Waals surface area contributed by atoms with E-state index in [1.807, 2.05) is 0 Å². The lowest BCUT2D eigenvalue weighted by Crippen LogP contribution is -2.56. The van der Waals surface area contributed by atoms with Gasteiger partial charge < -0.3 is 20.5 Å². The van der Waals surface area contributed by atoms with Crippen LogP contribution < -0.4 is 11.1 Å². The Morgan fingerprint density at radius 2 is 1.88 bits per heavy atom. The summed E-state index contributed by atoms with van der Waals surface area (Å²) in [6.45, 7) is 5.33. The molecule has 2 aliphatic rings. The molecule has 0 bridgehead atoms. The van der Waals surface area contributed by atoms with Crippen LogP contribution in [0.25, 0.3) is 0 Å². The van der Waals surface area contributed by atoms with Gasteiger partial charge in [-0.05, 0) is 24.7 Å². The first-order valence-electron chi connectivity index (χ1n) is 6.27. The monoisotopic (exact) mass is 242 g/mol. The van der Waals surface area contributed by atoms with Crippen LogP contribution in [-0.4, -0.2) is 44.4 Å². The van der Waals surface area contributed by atoms with E-state index in [2.05, 4.69) is 12.2 Å². The molecule has 0 spiro atoms. The molecule has 3 N–H and O–H groups in total. The van der Waals surface area contributed by atoms with E-state index in [-0.39, 0.29) is 11.3 Å². The molecule has 1 atom stereocenters. The van der Waals surface area contributed by atoms with Crippen LogP contribution in [0, 0.1) is 5.41 Å². The predicted molar refractivity (Wildman–Crippen MR) is 63.5 cm³/mol. The molecule has 17 heavy (non-hydrogen) atoms. The molecule has 2 aliphatic heterocycles. The van der Waals surface area contributed by atoms with Gasteiger partial charge in [-0.1, -0.05) is 6.92 Å². The van der Waals surface area contributed by atoms with E-state index in [0.29, 0.717) is 26.2 Å². The van der Waals surface area contributed by atoms with Crippen LogP contribution >= 0.6 is 0 Å². The van der Waals surface area contributed by atoms with E-state index in [1.165, 1.54) is 0 Å². The van der Waals surface area contributed by atoms with Crippen molar-refractivity contribution in [2.24, 2.45) is 11.1 Å². The average Bonchev–Trinajstić information content (AvgIpc) is 2.75. The molecule has 5 nitrogen and oxygen atoms in total. The van der Waals surface area contributed by atoms with E-state index < -0.39 is 5.54 Å². The number of ether oxygens (including phenoxy) is 2. The van der Waals surface area contributed by atoms with Crippen molar-refractivity contribution in [3.8, 4) is 0 Å². The van der Waals surface area contributed by atoms with Crippen molar-refractivity contribution in [2.45, 2.75) is 31.7 Å². The summed E-state index contributed by atoms with van der Waals surface area (Å²) in [6.07, 6.45) is 2.58. The summed E-state index contributed by atoms with van der Waals surface area (Å²) in [5, 5.41) is 2.98. The van der Waals surface area contributed by atoms with Crippen molar-refractivity contribution < 1.29 is 14.3 Å². The summed E-state index contributed by atoms with van der Waals surface area (Å²) < 4.78 is 10.5. The molecule has 2 fully saturated rings. The fourth-order valence-electron chi connectivity index (χ4n) is 2.27. The highest BCUT2D eigenvalue weighted by Crippen LogP contribution is 2.29. The quantitative estimate of drug-likeness (QED) is 0.732. The lowest BCUT2D eigenvalue weighted by Gasteiger charge is -2.34. The summed E-state index contributed by atoms with van der Waals surface area (Å²) >= 11 is 0. The number of rotatable bonds is 3. The zero-order valence-corrected chi connectivity index (χ0v) is 10.5. The third kappa shape index (κ3) is 2.97. The van der Waals surface area contributed by atoms with Crippen molar-refractivity contribution in [2.75, 3.05) is 33.0 Å². The van der Waals surface area contributed by atoms with E-state index in [0.717, 1.165) is 26.1 Å². The van der Waals surface area contributed by atoms with Crippen molar-refractivity contribution >= 4 is 5.91 Å². The Morgan fingerprint density at radius 3 is 2.47 bits per heavy atom. The van der Waals surface area contributed by atoms with Gasteiger partial charge in [-0.3, -0.25) is 4.79 Å². The van der Waals surface area contributed by atoms with Crippen molar-refractivity contribution in [3.05, 3.63) is 0 Å². The van der Waals surface area contributed by atoms with E-state index in [9.17, 15) is 4.79 Å². The van der Waals surface area contributed by atoms with Crippen LogP contribution in [0.5, 0.6) is 0 Å². The Labute approximate surface area is 102 Å². The minimum atomic E-state index is -0.818. The molecule has 2 rings (SSSR count). The molecule has 5 heteroatoms. The van der Waals surface area contributed by atoms with Gasteiger partial charge >= 0.3 is 0 Å². The first-order valence-corrected chi connectivity index (χ1v) is 6.27. The molecular weight excluding hydrogens is 220 g/mol. The zero-order chi connectivity index (χ0) is 12.4.